The van der Waals surface area contributed by atoms with Crippen molar-refractivity contribution in [3.05, 3.63) is 29.2 Å². The molecule has 0 aromatic carbocycles. The van der Waals surface area contributed by atoms with Crippen molar-refractivity contribution in [2.45, 2.75) is 53.1 Å². The second kappa shape index (κ2) is 10.9. The van der Waals surface area contributed by atoms with Crippen molar-refractivity contribution in [1.82, 2.24) is 20.3 Å². The Kier molecular flexibility index (Phi) is 8.60. The number of hydrogen-bond donors (Lipinski definition) is 2. The van der Waals surface area contributed by atoms with Crippen LogP contribution in [0.15, 0.2) is 12.1 Å². The van der Waals surface area contributed by atoms with Gasteiger partial charge in [0.05, 0.1) is 36.0 Å². The minimum Gasteiger partial charge on any atom is -0.481 e. The number of rotatable bonds is 6. The van der Waals surface area contributed by atoms with E-state index in [4.69, 9.17) is 15.2 Å². The quantitative estimate of drug-likeness (QED) is 0.787. The fraction of sp³-hybridized carbons (Fsp3) is 0.571. The molecule has 0 radical (unpaired) electrons. The zero-order chi connectivity index (χ0) is 20.5. The molecule has 1 aliphatic rings. The van der Waals surface area contributed by atoms with Crippen molar-refractivity contribution < 1.29 is 9.47 Å². The van der Waals surface area contributed by atoms with E-state index in [1.807, 2.05) is 39.8 Å². The van der Waals surface area contributed by atoms with E-state index in [-0.39, 0.29) is 0 Å². The lowest BCUT2D eigenvalue weighted by atomic mass is 10.1. The Hall–Kier alpha value is -2.25. The molecule has 28 heavy (non-hydrogen) atoms. The summed E-state index contributed by atoms with van der Waals surface area (Å²) in [5.74, 6) is 1.12. The lowest BCUT2D eigenvalue weighted by Gasteiger charge is -2.12. The van der Waals surface area contributed by atoms with Gasteiger partial charge >= 0.3 is 0 Å². The van der Waals surface area contributed by atoms with E-state index in [0.29, 0.717) is 17.8 Å². The van der Waals surface area contributed by atoms with Gasteiger partial charge in [-0.15, -0.1) is 0 Å². The molecule has 0 aliphatic carbocycles. The van der Waals surface area contributed by atoms with E-state index < -0.39 is 0 Å². The van der Waals surface area contributed by atoms with Gasteiger partial charge in [-0.3, -0.25) is 0 Å². The lowest BCUT2D eigenvalue weighted by molar-refractivity contribution is 0.0775. The van der Waals surface area contributed by atoms with Crippen molar-refractivity contribution in [3.8, 4) is 17.1 Å². The minimum atomic E-state index is 0.500. The molecule has 0 spiro atoms. The van der Waals surface area contributed by atoms with Crippen LogP contribution in [0.5, 0.6) is 5.88 Å². The highest BCUT2D eigenvalue weighted by atomic mass is 16.5. The molecule has 3 rings (SSSR count). The second-order valence-electron chi connectivity index (χ2n) is 6.61. The maximum atomic E-state index is 5.93. The molecule has 2 aromatic heterocycles. The Morgan fingerprint density at radius 3 is 2.39 bits per heavy atom. The second-order valence-corrected chi connectivity index (χ2v) is 6.61. The van der Waals surface area contributed by atoms with E-state index in [1.165, 1.54) is 6.42 Å². The first-order chi connectivity index (χ1) is 13.5. The van der Waals surface area contributed by atoms with Gasteiger partial charge in [0.25, 0.3) is 0 Å². The van der Waals surface area contributed by atoms with E-state index in [0.717, 1.165) is 60.9 Å². The summed E-state index contributed by atoms with van der Waals surface area (Å²) in [5, 5.41) is 3.23. The Morgan fingerprint density at radius 1 is 1.11 bits per heavy atom. The van der Waals surface area contributed by atoms with Crippen molar-refractivity contribution >= 4 is 5.82 Å². The number of nitrogens with one attached hydrogen (secondary N) is 1. The van der Waals surface area contributed by atoms with Crippen molar-refractivity contribution in [3.63, 3.8) is 0 Å². The highest BCUT2D eigenvalue weighted by molar-refractivity contribution is 5.66. The van der Waals surface area contributed by atoms with Gasteiger partial charge in [-0.1, -0.05) is 13.8 Å². The number of nitrogens with two attached hydrogens (primary N) is 1. The van der Waals surface area contributed by atoms with E-state index >= 15 is 0 Å². The third-order valence-electron chi connectivity index (χ3n) is 4.68. The van der Waals surface area contributed by atoms with Crippen molar-refractivity contribution in [1.29, 1.82) is 0 Å². The Labute approximate surface area is 168 Å². The molecule has 154 valence electrons. The highest BCUT2D eigenvalue weighted by Gasteiger charge is 2.15. The van der Waals surface area contributed by atoms with Crippen LogP contribution in [-0.4, -0.2) is 47.9 Å². The van der Waals surface area contributed by atoms with Crippen LogP contribution in [0, 0.1) is 6.92 Å². The predicted molar refractivity (Wildman–Crippen MR) is 113 cm³/mol. The number of nitrogens with zero attached hydrogens (tertiary/aromatic N) is 3. The number of hydrogen-bond acceptors (Lipinski definition) is 7. The predicted octanol–water partition coefficient (Wildman–Crippen LogP) is 2.95. The lowest BCUT2D eigenvalue weighted by Crippen LogP contribution is -2.16. The minimum absolute atomic E-state index is 0.500. The largest absolute Gasteiger partial charge is 0.481 e. The van der Waals surface area contributed by atoms with E-state index in [2.05, 4.69) is 20.3 Å². The Bertz CT molecular complexity index is 761. The average molecular weight is 388 g/mol. The first kappa shape index (κ1) is 22.0. The van der Waals surface area contributed by atoms with Crippen LogP contribution in [0.2, 0.25) is 0 Å². The molecule has 1 fully saturated rings. The number of aryl methyl sites for hydroxylation is 3. The molecule has 0 bridgehead atoms. The first-order valence-electron chi connectivity index (χ1n) is 10.0. The highest BCUT2D eigenvalue weighted by Crippen LogP contribution is 2.27. The third kappa shape index (κ3) is 5.62. The van der Waals surface area contributed by atoms with Gasteiger partial charge < -0.3 is 20.5 Å². The molecule has 7 heteroatoms. The van der Waals surface area contributed by atoms with Gasteiger partial charge in [0.1, 0.15) is 5.82 Å². The number of pyridine rings is 1. The van der Waals surface area contributed by atoms with Crippen LogP contribution < -0.4 is 15.8 Å². The summed E-state index contributed by atoms with van der Waals surface area (Å²) in [6.07, 6.45) is 3.23. The number of nitrogen functional groups attached to an aromatic ring is 1. The Morgan fingerprint density at radius 2 is 1.86 bits per heavy atom. The van der Waals surface area contributed by atoms with Gasteiger partial charge in [-0.2, -0.15) is 0 Å². The van der Waals surface area contributed by atoms with Crippen LogP contribution in [0.4, 0.5) is 5.82 Å². The maximum absolute atomic E-state index is 5.93. The monoisotopic (exact) mass is 387 g/mol. The first-order valence-corrected chi connectivity index (χ1v) is 10.0. The molecular weight excluding hydrogens is 354 g/mol. The zero-order valence-electron chi connectivity index (χ0n) is 17.7. The normalized spacial score (nSPS) is 15.8. The zero-order valence-corrected chi connectivity index (χ0v) is 17.7. The average Bonchev–Trinajstić information content (AvgIpc) is 3.22. The number of aromatic nitrogens is 3. The van der Waals surface area contributed by atoms with Crippen LogP contribution >= 0.6 is 0 Å². The van der Waals surface area contributed by atoms with Gasteiger partial charge in [0.15, 0.2) is 0 Å². The van der Waals surface area contributed by atoms with Crippen LogP contribution in [0.25, 0.3) is 11.3 Å². The number of methoxy groups -OCH3 is 1. The van der Waals surface area contributed by atoms with E-state index in [1.54, 1.807) is 7.11 Å². The molecule has 1 saturated heterocycles. The molecular formula is C21H33N5O2. The van der Waals surface area contributed by atoms with Crippen LogP contribution in [-0.2, 0) is 17.6 Å². The molecule has 7 nitrogen and oxygen atoms in total. The summed E-state index contributed by atoms with van der Waals surface area (Å²) in [5.41, 5.74) is 10.4. The molecule has 0 amide bonds. The van der Waals surface area contributed by atoms with Crippen LogP contribution in [0.3, 0.4) is 0 Å². The summed E-state index contributed by atoms with van der Waals surface area (Å²) >= 11 is 0. The standard InChI is InChI=1S/C15H20N4O.C6H13NO/c1-5-11-14(18-12(6-2)15(16)19-11)10-7-8-13(20-4)17-9(10)3;1-2-8-6-3-4-7-5-6/h7-8H,5-6H2,1-4H3,(H2,16,19);6-7H,2-5H2,1H3/t;6-/m.1/s1. The summed E-state index contributed by atoms with van der Waals surface area (Å²) < 4.78 is 10.5. The molecule has 0 saturated carbocycles. The Balaban J connectivity index is 0.000000292. The fourth-order valence-electron chi connectivity index (χ4n) is 3.15. The molecule has 2 aromatic rings. The van der Waals surface area contributed by atoms with Crippen LogP contribution in [0.1, 0.15) is 44.3 Å². The summed E-state index contributed by atoms with van der Waals surface area (Å²) in [6.45, 7) is 11.1. The summed E-state index contributed by atoms with van der Waals surface area (Å²) in [7, 11) is 1.61. The van der Waals surface area contributed by atoms with Gasteiger partial charge in [0.2, 0.25) is 5.88 Å². The third-order valence-corrected chi connectivity index (χ3v) is 4.68. The molecule has 3 N–H and O–H groups in total. The van der Waals surface area contributed by atoms with Crippen molar-refractivity contribution in [2.24, 2.45) is 0 Å². The molecule has 3 heterocycles. The number of anilines is 1. The van der Waals surface area contributed by atoms with Gasteiger partial charge in [-0.05, 0) is 45.7 Å². The molecule has 1 atom stereocenters. The molecule has 0 unspecified atom stereocenters. The van der Waals surface area contributed by atoms with E-state index in [9.17, 15) is 0 Å². The van der Waals surface area contributed by atoms with Gasteiger partial charge in [0, 0.05) is 24.8 Å². The number of ether oxygens (including phenoxy) is 2. The summed E-state index contributed by atoms with van der Waals surface area (Å²) in [4.78, 5) is 13.6. The SMILES string of the molecule is CCO[C@@H]1CCNC1.CCc1nc(-c2ccc(OC)nc2C)c(CC)nc1N. The summed E-state index contributed by atoms with van der Waals surface area (Å²) in [6, 6.07) is 3.81. The topological polar surface area (TPSA) is 95.2 Å². The maximum Gasteiger partial charge on any atom is 0.213 e. The van der Waals surface area contributed by atoms with Crippen molar-refractivity contribution in [2.75, 3.05) is 32.5 Å². The fourth-order valence-corrected chi connectivity index (χ4v) is 3.15. The molecule has 1 aliphatic heterocycles. The smallest absolute Gasteiger partial charge is 0.213 e. The van der Waals surface area contributed by atoms with Gasteiger partial charge in [-0.25, -0.2) is 15.0 Å².